The van der Waals surface area contributed by atoms with Crippen LogP contribution in [0.3, 0.4) is 0 Å². The van der Waals surface area contributed by atoms with Crippen LogP contribution in [0.5, 0.6) is 0 Å². The molecule has 0 saturated heterocycles. The van der Waals surface area contributed by atoms with E-state index in [-0.39, 0.29) is 0 Å². The number of unbranched alkanes of at least 4 members (excludes halogenated alkanes) is 21. The molecule has 0 fully saturated rings. The van der Waals surface area contributed by atoms with Crippen molar-refractivity contribution < 1.29 is 0 Å². The van der Waals surface area contributed by atoms with Crippen LogP contribution in [0.15, 0.2) is 0 Å². The van der Waals surface area contributed by atoms with E-state index in [0.29, 0.717) is 0 Å². The Morgan fingerprint density at radius 3 is 0.912 bits per heavy atom. The van der Waals surface area contributed by atoms with E-state index in [0.717, 1.165) is 5.92 Å². The Hall–Kier alpha value is -0.0400. The first-order chi connectivity index (χ1) is 16.7. The highest BCUT2D eigenvalue weighted by Crippen LogP contribution is 2.15. The van der Waals surface area contributed by atoms with Crippen LogP contribution < -0.4 is 0 Å². The fourth-order valence-electron chi connectivity index (χ4n) is 5.22. The molecule has 0 unspecified atom stereocenters. The van der Waals surface area contributed by atoms with E-state index in [4.69, 9.17) is 0 Å². The predicted molar refractivity (Wildman–Crippen MR) is 158 cm³/mol. The van der Waals surface area contributed by atoms with E-state index in [1.165, 1.54) is 180 Å². The molecule has 0 aliphatic carbocycles. The van der Waals surface area contributed by atoms with Crippen LogP contribution in [0.4, 0.5) is 0 Å². The van der Waals surface area contributed by atoms with Gasteiger partial charge in [0.2, 0.25) is 0 Å². The summed E-state index contributed by atoms with van der Waals surface area (Å²) in [4.78, 5) is 2.82. The van der Waals surface area contributed by atoms with Gasteiger partial charge in [-0.05, 0) is 44.8 Å². The summed E-state index contributed by atoms with van der Waals surface area (Å²) in [7, 11) is 0. The van der Waals surface area contributed by atoms with Crippen molar-refractivity contribution in [3.05, 3.63) is 0 Å². The molecule has 0 atom stereocenters. The Labute approximate surface area is 218 Å². The minimum absolute atomic E-state index is 0.892. The zero-order valence-corrected chi connectivity index (χ0v) is 24.8. The molecule has 34 heavy (non-hydrogen) atoms. The second-order valence-electron chi connectivity index (χ2n) is 11.8. The molecule has 0 spiro atoms. The third kappa shape index (κ3) is 28.2. The lowest BCUT2D eigenvalue weighted by Crippen LogP contribution is -2.27. The van der Waals surface area contributed by atoms with Gasteiger partial charge in [-0.1, -0.05) is 169 Å². The van der Waals surface area contributed by atoms with Crippen molar-refractivity contribution in [1.29, 1.82) is 0 Å². The standard InChI is InChI=1S/C33H69N/c1-5-7-9-11-22-26-30-34(31-27-23-12-10-8-6-2)32-28-24-20-18-16-14-13-15-17-19-21-25-29-33(3)4/h33H,5-32H2,1-4H3. The van der Waals surface area contributed by atoms with Gasteiger partial charge in [0.25, 0.3) is 0 Å². The van der Waals surface area contributed by atoms with Crippen molar-refractivity contribution in [3.8, 4) is 0 Å². The van der Waals surface area contributed by atoms with Gasteiger partial charge >= 0.3 is 0 Å². The molecule has 0 aromatic rings. The van der Waals surface area contributed by atoms with Crippen LogP contribution in [-0.2, 0) is 0 Å². The van der Waals surface area contributed by atoms with Gasteiger partial charge in [-0.3, -0.25) is 0 Å². The minimum Gasteiger partial charge on any atom is -0.303 e. The van der Waals surface area contributed by atoms with Gasteiger partial charge in [-0.2, -0.15) is 0 Å². The Kier molecular flexibility index (Phi) is 29.2. The van der Waals surface area contributed by atoms with Crippen molar-refractivity contribution >= 4 is 0 Å². The minimum atomic E-state index is 0.892. The largest absolute Gasteiger partial charge is 0.303 e. The molecule has 0 aromatic heterocycles. The zero-order valence-electron chi connectivity index (χ0n) is 24.8. The highest BCUT2D eigenvalue weighted by Gasteiger charge is 2.05. The lowest BCUT2D eigenvalue weighted by Gasteiger charge is -2.22. The summed E-state index contributed by atoms with van der Waals surface area (Å²) >= 11 is 0. The molecule has 206 valence electrons. The molecular weight excluding hydrogens is 410 g/mol. The Bertz CT molecular complexity index is 334. The van der Waals surface area contributed by atoms with Crippen LogP contribution in [0.25, 0.3) is 0 Å². The molecule has 1 nitrogen and oxygen atoms in total. The molecule has 0 N–H and O–H groups in total. The molecule has 0 heterocycles. The summed E-state index contributed by atoms with van der Waals surface area (Å²) in [6, 6.07) is 0. The SMILES string of the molecule is CCCCCCCCN(CCCCCCCC)CCCCCCCCCCCCCCC(C)C. The number of hydrogen-bond donors (Lipinski definition) is 0. The van der Waals surface area contributed by atoms with Crippen molar-refractivity contribution in [1.82, 2.24) is 4.90 Å². The first-order valence-electron chi connectivity index (χ1n) is 16.4. The molecule has 0 aliphatic heterocycles. The fraction of sp³-hybridized carbons (Fsp3) is 1.00. The topological polar surface area (TPSA) is 3.24 Å². The van der Waals surface area contributed by atoms with Gasteiger partial charge in [0, 0.05) is 0 Å². The van der Waals surface area contributed by atoms with E-state index < -0.39 is 0 Å². The summed E-state index contributed by atoms with van der Waals surface area (Å²) in [6.07, 6.45) is 36.2. The quantitative estimate of drug-likeness (QED) is 0.0964. The lowest BCUT2D eigenvalue weighted by molar-refractivity contribution is 0.254. The third-order valence-corrected chi connectivity index (χ3v) is 7.66. The van der Waals surface area contributed by atoms with Crippen LogP contribution >= 0.6 is 0 Å². The highest BCUT2D eigenvalue weighted by atomic mass is 15.1. The first-order valence-corrected chi connectivity index (χ1v) is 16.4. The fourth-order valence-corrected chi connectivity index (χ4v) is 5.22. The van der Waals surface area contributed by atoms with E-state index >= 15 is 0 Å². The maximum atomic E-state index is 2.82. The summed E-state index contributed by atoms with van der Waals surface area (Å²) in [6.45, 7) is 13.4. The molecule has 1 heteroatoms. The smallest absolute Gasteiger partial charge is 0.00187 e. The molecule has 0 aromatic carbocycles. The van der Waals surface area contributed by atoms with Gasteiger partial charge in [0.15, 0.2) is 0 Å². The molecule has 0 rings (SSSR count). The average molecular weight is 480 g/mol. The molecule has 0 aliphatic rings. The van der Waals surface area contributed by atoms with Crippen LogP contribution in [-0.4, -0.2) is 24.5 Å². The Morgan fingerprint density at radius 1 is 0.353 bits per heavy atom. The summed E-state index contributed by atoms with van der Waals surface area (Å²) < 4.78 is 0. The van der Waals surface area contributed by atoms with Gasteiger partial charge in [0.05, 0.1) is 0 Å². The maximum absolute atomic E-state index is 2.82. The molecule has 0 bridgehead atoms. The zero-order chi connectivity index (χ0) is 25.0. The van der Waals surface area contributed by atoms with E-state index in [1.54, 1.807) is 0 Å². The van der Waals surface area contributed by atoms with Crippen LogP contribution in [0, 0.1) is 5.92 Å². The van der Waals surface area contributed by atoms with E-state index in [2.05, 4.69) is 32.6 Å². The van der Waals surface area contributed by atoms with Crippen molar-refractivity contribution in [2.45, 2.75) is 188 Å². The van der Waals surface area contributed by atoms with Gasteiger partial charge in [0.1, 0.15) is 0 Å². The Balaban J connectivity index is 3.66. The predicted octanol–water partition coefficient (Wildman–Crippen LogP) is 11.7. The maximum Gasteiger partial charge on any atom is -0.00187 e. The highest BCUT2D eigenvalue weighted by molar-refractivity contribution is 4.60. The Morgan fingerprint density at radius 2 is 0.618 bits per heavy atom. The van der Waals surface area contributed by atoms with Gasteiger partial charge in [-0.15, -0.1) is 0 Å². The summed E-state index contributed by atoms with van der Waals surface area (Å²) in [5, 5.41) is 0. The molecule has 0 saturated carbocycles. The van der Waals surface area contributed by atoms with Crippen molar-refractivity contribution in [2.24, 2.45) is 5.92 Å². The number of rotatable bonds is 29. The lowest BCUT2D eigenvalue weighted by atomic mass is 10.0. The molecule has 0 amide bonds. The van der Waals surface area contributed by atoms with E-state index in [9.17, 15) is 0 Å². The first kappa shape index (κ1) is 34.0. The van der Waals surface area contributed by atoms with Crippen LogP contribution in [0.2, 0.25) is 0 Å². The van der Waals surface area contributed by atoms with E-state index in [1.807, 2.05) is 0 Å². The van der Waals surface area contributed by atoms with Crippen molar-refractivity contribution in [2.75, 3.05) is 19.6 Å². The third-order valence-electron chi connectivity index (χ3n) is 7.66. The number of hydrogen-bond acceptors (Lipinski definition) is 1. The monoisotopic (exact) mass is 480 g/mol. The normalized spacial score (nSPS) is 11.8. The summed E-state index contributed by atoms with van der Waals surface area (Å²) in [5.74, 6) is 0.892. The second-order valence-corrected chi connectivity index (χ2v) is 11.8. The van der Waals surface area contributed by atoms with Gasteiger partial charge < -0.3 is 4.90 Å². The second kappa shape index (κ2) is 29.2. The van der Waals surface area contributed by atoms with Crippen LogP contribution in [0.1, 0.15) is 188 Å². The van der Waals surface area contributed by atoms with Crippen molar-refractivity contribution in [3.63, 3.8) is 0 Å². The molecular formula is C33H69N. The summed E-state index contributed by atoms with van der Waals surface area (Å²) in [5.41, 5.74) is 0. The molecule has 0 radical (unpaired) electrons. The average Bonchev–Trinajstić information content (AvgIpc) is 2.82. The number of nitrogens with zero attached hydrogens (tertiary/aromatic N) is 1. The van der Waals surface area contributed by atoms with Gasteiger partial charge in [-0.25, -0.2) is 0 Å².